The largest absolute Gasteiger partial charge is 0.478 e. The number of carbonyl (C=O) groups excluding carboxylic acids is 1. The lowest BCUT2D eigenvalue weighted by atomic mass is 9.99. The Bertz CT molecular complexity index is 1100. The monoisotopic (exact) mass is 434 g/mol. The summed E-state index contributed by atoms with van der Waals surface area (Å²) in [5.74, 6) is -0.990. The highest BCUT2D eigenvalue weighted by molar-refractivity contribution is 8.00. The van der Waals surface area contributed by atoms with E-state index >= 15 is 0 Å². The number of nitrogens with one attached hydrogen (secondary N) is 2. The predicted octanol–water partition coefficient (Wildman–Crippen LogP) is 6.89. The summed E-state index contributed by atoms with van der Waals surface area (Å²) in [4.78, 5) is 25.2. The van der Waals surface area contributed by atoms with Gasteiger partial charge in [-0.05, 0) is 48.4 Å². The number of aromatic carboxylic acids is 1. The molecule has 0 fully saturated rings. The zero-order valence-corrected chi connectivity index (χ0v) is 18.8. The van der Waals surface area contributed by atoms with Crippen LogP contribution in [0.3, 0.4) is 0 Å². The molecule has 0 bridgehead atoms. The van der Waals surface area contributed by atoms with Crippen molar-refractivity contribution >= 4 is 35.1 Å². The average molecular weight is 435 g/mol. The van der Waals surface area contributed by atoms with Gasteiger partial charge in [-0.3, -0.25) is 0 Å². The third-order valence-electron chi connectivity index (χ3n) is 4.42. The number of urea groups is 1. The first-order valence-corrected chi connectivity index (χ1v) is 10.7. The Morgan fingerprint density at radius 3 is 2.23 bits per heavy atom. The van der Waals surface area contributed by atoms with Crippen molar-refractivity contribution in [2.75, 3.05) is 10.6 Å². The molecule has 3 rings (SSSR count). The Labute approximate surface area is 186 Å². The fourth-order valence-electron chi connectivity index (χ4n) is 3.06. The Hall–Kier alpha value is -3.25. The molecule has 5 nitrogen and oxygen atoms in total. The van der Waals surface area contributed by atoms with Gasteiger partial charge >= 0.3 is 12.0 Å². The normalized spacial score (nSPS) is 11.1. The lowest BCUT2D eigenvalue weighted by Crippen LogP contribution is -2.20. The molecular formula is C25H26N2O3S. The van der Waals surface area contributed by atoms with Crippen molar-refractivity contribution in [3.05, 3.63) is 77.9 Å². The predicted molar refractivity (Wildman–Crippen MR) is 128 cm³/mol. The third kappa shape index (κ3) is 6.12. The Morgan fingerprint density at radius 2 is 1.58 bits per heavy atom. The second-order valence-corrected chi connectivity index (χ2v) is 10.1. The van der Waals surface area contributed by atoms with Gasteiger partial charge < -0.3 is 15.7 Å². The molecular weight excluding hydrogens is 408 g/mol. The number of aryl methyl sites for hydroxylation is 1. The van der Waals surface area contributed by atoms with Crippen molar-refractivity contribution in [3.63, 3.8) is 0 Å². The van der Waals surface area contributed by atoms with Crippen LogP contribution < -0.4 is 10.6 Å². The molecule has 3 N–H and O–H groups in total. The highest BCUT2D eigenvalue weighted by Gasteiger charge is 2.18. The van der Waals surface area contributed by atoms with Gasteiger partial charge in [-0.15, -0.1) is 11.8 Å². The zero-order valence-electron chi connectivity index (χ0n) is 18.0. The molecule has 0 saturated carbocycles. The average Bonchev–Trinajstić information content (AvgIpc) is 2.70. The van der Waals surface area contributed by atoms with Crippen LogP contribution in [0, 0.1) is 6.92 Å². The van der Waals surface area contributed by atoms with Gasteiger partial charge in [0.1, 0.15) is 0 Å². The number of carboxylic acid groups (broad SMARTS) is 1. The van der Waals surface area contributed by atoms with Crippen LogP contribution in [0.4, 0.5) is 16.2 Å². The van der Waals surface area contributed by atoms with E-state index in [2.05, 4.69) is 31.4 Å². The van der Waals surface area contributed by atoms with E-state index in [0.29, 0.717) is 16.9 Å². The number of amides is 2. The van der Waals surface area contributed by atoms with E-state index in [9.17, 15) is 14.7 Å². The molecule has 31 heavy (non-hydrogen) atoms. The molecule has 0 spiro atoms. The lowest BCUT2D eigenvalue weighted by molar-refractivity contribution is 0.0697. The van der Waals surface area contributed by atoms with Gasteiger partial charge in [-0.1, -0.05) is 62.7 Å². The van der Waals surface area contributed by atoms with Crippen LogP contribution in [0.2, 0.25) is 0 Å². The van der Waals surface area contributed by atoms with E-state index in [4.69, 9.17) is 0 Å². The molecule has 0 radical (unpaired) electrons. The van der Waals surface area contributed by atoms with Crippen molar-refractivity contribution in [1.29, 1.82) is 0 Å². The Kier molecular flexibility index (Phi) is 6.71. The SMILES string of the molecule is Cc1ccc(NC(=O)Nc2cc(-c3ccccc3C(=O)O)ccc2SC(C)(C)C)cc1. The molecule has 3 aromatic rings. The van der Waals surface area contributed by atoms with Gasteiger partial charge in [0.2, 0.25) is 0 Å². The minimum absolute atomic E-state index is 0.0651. The van der Waals surface area contributed by atoms with Crippen LogP contribution in [0.1, 0.15) is 36.7 Å². The standard InChI is InChI=1S/C25H26N2O3S/c1-16-9-12-18(13-10-16)26-24(30)27-21-15-17(11-14-22(21)31-25(2,3)4)19-7-5-6-8-20(19)23(28)29/h5-15H,1-4H3,(H,28,29)(H2,26,27,30). The highest BCUT2D eigenvalue weighted by atomic mass is 32.2. The molecule has 2 amide bonds. The molecule has 0 aromatic heterocycles. The molecule has 6 heteroatoms. The summed E-state index contributed by atoms with van der Waals surface area (Å²) in [6.45, 7) is 8.28. The number of thioether (sulfide) groups is 1. The molecule has 0 unspecified atom stereocenters. The minimum Gasteiger partial charge on any atom is -0.478 e. The van der Waals surface area contributed by atoms with Gasteiger partial charge in [0.15, 0.2) is 0 Å². The maximum atomic E-state index is 12.7. The van der Waals surface area contributed by atoms with Crippen molar-refractivity contribution in [2.45, 2.75) is 37.3 Å². The number of hydrogen-bond donors (Lipinski definition) is 3. The van der Waals surface area contributed by atoms with E-state index in [-0.39, 0.29) is 16.3 Å². The van der Waals surface area contributed by atoms with E-state index in [1.807, 2.05) is 49.4 Å². The van der Waals surface area contributed by atoms with Gasteiger partial charge in [0.05, 0.1) is 11.3 Å². The van der Waals surface area contributed by atoms with Gasteiger partial charge in [0.25, 0.3) is 0 Å². The summed E-state index contributed by atoms with van der Waals surface area (Å²) < 4.78 is -0.0651. The maximum Gasteiger partial charge on any atom is 0.336 e. The third-order valence-corrected chi connectivity index (χ3v) is 5.61. The van der Waals surface area contributed by atoms with E-state index in [1.54, 1.807) is 36.0 Å². The highest BCUT2D eigenvalue weighted by Crippen LogP contribution is 2.39. The smallest absolute Gasteiger partial charge is 0.336 e. The van der Waals surface area contributed by atoms with Crippen LogP contribution in [0.25, 0.3) is 11.1 Å². The fourth-order valence-corrected chi connectivity index (χ4v) is 4.07. The van der Waals surface area contributed by atoms with E-state index < -0.39 is 5.97 Å². The van der Waals surface area contributed by atoms with Crippen LogP contribution in [0.5, 0.6) is 0 Å². The molecule has 0 saturated heterocycles. The van der Waals surface area contributed by atoms with Crippen LogP contribution >= 0.6 is 11.8 Å². The van der Waals surface area contributed by atoms with Gasteiger partial charge in [-0.2, -0.15) is 0 Å². The first-order valence-electron chi connectivity index (χ1n) is 9.93. The van der Waals surface area contributed by atoms with Crippen molar-refractivity contribution in [1.82, 2.24) is 0 Å². The number of anilines is 2. The molecule has 3 aromatic carbocycles. The van der Waals surface area contributed by atoms with Gasteiger partial charge in [0, 0.05) is 15.3 Å². The zero-order chi connectivity index (χ0) is 22.6. The quantitative estimate of drug-likeness (QED) is 0.382. The van der Waals surface area contributed by atoms with Crippen molar-refractivity contribution < 1.29 is 14.7 Å². The lowest BCUT2D eigenvalue weighted by Gasteiger charge is -2.21. The molecule has 0 aliphatic rings. The second kappa shape index (κ2) is 9.27. The number of carboxylic acids is 1. The van der Waals surface area contributed by atoms with E-state index in [1.165, 1.54) is 0 Å². The van der Waals surface area contributed by atoms with Crippen molar-refractivity contribution in [2.24, 2.45) is 0 Å². The topological polar surface area (TPSA) is 78.4 Å². The Morgan fingerprint density at radius 1 is 0.903 bits per heavy atom. The molecule has 0 aliphatic heterocycles. The van der Waals surface area contributed by atoms with E-state index in [0.717, 1.165) is 16.0 Å². The Balaban J connectivity index is 1.95. The summed E-state index contributed by atoms with van der Waals surface area (Å²) in [7, 11) is 0. The first-order chi connectivity index (χ1) is 14.6. The first kappa shape index (κ1) is 22.4. The summed E-state index contributed by atoms with van der Waals surface area (Å²) in [5, 5.41) is 15.3. The maximum absolute atomic E-state index is 12.7. The van der Waals surface area contributed by atoms with Crippen LogP contribution in [-0.4, -0.2) is 21.9 Å². The number of carbonyl (C=O) groups is 2. The summed E-state index contributed by atoms with van der Waals surface area (Å²) >= 11 is 1.63. The number of benzene rings is 3. The molecule has 0 aliphatic carbocycles. The van der Waals surface area contributed by atoms with Crippen LogP contribution in [-0.2, 0) is 0 Å². The summed E-state index contributed by atoms with van der Waals surface area (Å²) in [5.41, 5.74) is 3.97. The number of hydrogen-bond acceptors (Lipinski definition) is 3. The molecule has 160 valence electrons. The van der Waals surface area contributed by atoms with Gasteiger partial charge in [-0.25, -0.2) is 9.59 Å². The second-order valence-electron chi connectivity index (χ2n) is 8.22. The minimum atomic E-state index is -0.990. The molecule has 0 atom stereocenters. The number of rotatable bonds is 5. The van der Waals surface area contributed by atoms with Crippen molar-refractivity contribution in [3.8, 4) is 11.1 Å². The summed E-state index contributed by atoms with van der Waals surface area (Å²) in [6.07, 6.45) is 0. The molecule has 0 heterocycles. The fraction of sp³-hybridized carbons (Fsp3) is 0.200. The van der Waals surface area contributed by atoms with Crippen LogP contribution in [0.15, 0.2) is 71.6 Å². The summed E-state index contributed by atoms with van der Waals surface area (Å²) in [6, 6.07) is 19.7.